The summed E-state index contributed by atoms with van der Waals surface area (Å²) in [5.74, 6) is 0.920. The van der Waals surface area contributed by atoms with Gasteiger partial charge in [0.2, 0.25) is 5.91 Å². The van der Waals surface area contributed by atoms with E-state index in [0.717, 1.165) is 18.9 Å². The molecule has 0 bridgehead atoms. The summed E-state index contributed by atoms with van der Waals surface area (Å²) in [4.78, 5) is 32.8. The normalized spacial score (nSPS) is 18.8. The van der Waals surface area contributed by atoms with E-state index in [1.54, 1.807) is 23.2 Å². The van der Waals surface area contributed by atoms with Gasteiger partial charge in [0, 0.05) is 20.0 Å². The number of nitrogens with zero attached hydrogens (tertiary/aromatic N) is 3. The standard InChI is InChI=1S/C20H22N4O4/c1-14(25)24-13-18(28-17-5-3-2-4-16(17)24)20(26)22-15-6-7-19(21-12-15)23-8-10-27-11-9-23/h2-7,12,18H,8-11,13H2,1H3,(H,22,26)/t18-/m1/s1. The molecule has 1 saturated heterocycles. The maximum atomic E-state index is 12.7. The van der Waals surface area contributed by atoms with Crippen molar-refractivity contribution in [3.63, 3.8) is 0 Å². The van der Waals surface area contributed by atoms with E-state index in [0.29, 0.717) is 30.3 Å². The molecule has 0 spiro atoms. The van der Waals surface area contributed by atoms with E-state index in [1.807, 2.05) is 24.3 Å². The summed E-state index contributed by atoms with van der Waals surface area (Å²) in [6, 6.07) is 10.9. The van der Waals surface area contributed by atoms with E-state index in [9.17, 15) is 9.59 Å². The molecule has 146 valence electrons. The maximum absolute atomic E-state index is 12.7. The van der Waals surface area contributed by atoms with Crippen molar-refractivity contribution in [2.75, 3.05) is 48.0 Å². The van der Waals surface area contributed by atoms with Crippen molar-refractivity contribution < 1.29 is 19.1 Å². The van der Waals surface area contributed by atoms with Crippen LogP contribution in [0.25, 0.3) is 0 Å². The Balaban J connectivity index is 1.44. The van der Waals surface area contributed by atoms with E-state index in [-0.39, 0.29) is 18.4 Å². The second-order valence-electron chi connectivity index (χ2n) is 6.70. The Morgan fingerprint density at radius 1 is 1.14 bits per heavy atom. The Bertz CT molecular complexity index is 865. The van der Waals surface area contributed by atoms with Gasteiger partial charge in [-0.25, -0.2) is 4.98 Å². The number of hydrogen-bond donors (Lipinski definition) is 1. The lowest BCUT2D eigenvalue weighted by Gasteiger charge is -2.33. The summed E-state index contributed by atoms with van der Waals surface area (Å²) >= 11 is 0. The number of benzene rings is 1. The Labute approximate surface area is 163 Å². The van der Waals surface area contributed by atoms with Gasteiger partial charge in [0.15, 0.2) is 6.10 Å². The molecule has 2 aromatic rings. The highest BCUT2D eigenvalue weighted by Gasteiger charge is 2.32. The summed E-state index contributed by atoms with van der Waals surface area (Å²) in [7, 11) is 0. The van der Waals surface area contributed by atoms with Gasteiger partial charge < -0.3 is 24.6 Å². The van der Waals surface area contributed by atoms with Crippen molar-refractivity contribution in [3.05, 3.63) is 42.6 Å². The molecule has 1 aromatic heterocycles. The van der Waals surface area contributed by atoms with E-state index >= 15 is 0 Å². The van der Waals surface area contributed by atoms with Crippen LogP contribution in [0.3, 0.4) is 0 Å². The van der Waals surface area contributed by atoms with Crippen molar-refractivity contribution in [3.8, 4) is 5.75 Å². The largest absolute Gasteiger partial charge is 0.476 e. The molecule has 0 aliphatic carbocycles. The van der Waals surface area contributed by atoms with Crippen molar-refractivity contribution in [1.29, 1.82) is 0 Å². The number of fused-ring (bicyclic) bond motifs is 1. The number of anilines is 3. The van der Waals surface area contributed by atoms with Crippen molar-refractivity contribution in [1.82, 2.24) is 4.98 Å². The summed E-state index contributed by atoms with van der Waals surface area (Å²) < 4.78 is 11.2. The molecule has 2 aliphatic rings. The van der Waals surface area contributed by atoms with Gasteiger partial charge in [-0.05, 0) is 24.3 Å². The minimum Gasteiger partial charge on any atom is -0.476 e. The summed E-state index contributed by atoms with van der Waals surface area (Å²) in [6.45, 7) is 4.62. The van der Waals surface area contributed by atoms with Gasteiger partial charge in [-0.3, -0.25) is 9.59 Å². The first-order valence-electron chi connectivity index (χ1n) is 9.25. The highest BCUT2D eigenvalue weighted by atomic mass is 16.5. The molecule has 4 rings (SSSR count). The average molecular weight is 382 g/mol. The number of aromatic nitrogens is 1. The molecule has 0 saturated carbocycles. The number of hydrogen-bond acceptors (Lipinski definition) is 6. The van der Waals surface area contributed by atoms with Gasteiger partial charge in [-0.1, -0.05) is 12.1 Å². The number of para-hydroxylation sites is 2. The van der Waals surface area contributed by atoms with Crippen LogP contribution in [-0.4, -0.2) is 55.8 Å². The predicted molar refractivity (Wildman–Crippen MR) is 105 cm³/mol. The second kappa shape index (κ2) is 7.85. The molecule has 1 N–H and O–H groups in total. The molecule has 1 atom stereocenters. The third-order valence-electron chi connectivity index (χ3n) is 4.80. The Hall–Kier alpha value is -3.13. The summed E-state index contributed by atoms with van der Waals surface area (Å²) in [5, 5.41) is 2.82. The molecular weight excluding hydrogens is 360 g/mol. The zero-order chi connectivity index (χ0) is 19.5. The number of carbonyl (C=O) groups excluding carboxylic acids is 2. The topological polar surface area (TPSA) is 84.0 Å². The van der Waals surface area contributed by atoms with E-state index in [2.05, 4.69) is 15.2 Å². The number of ether oxygens (including phenoxy) is 2. The Kier molecular flexibility index (Phi) is 5.12. The lowest BCUT2D eigenvalue weighted by Crippen LogP contribution is -2.48. The fraction of sp³-hybridized carbons (Fsp3) is 0.350. The molecule has 8 nitrogen and oxygen atoms in total. The van der Waals surface area contributed by atoms with Crippen molar-refractivity contribution in [2.45, 2.75) is 13.0 Å². The fourth-order valence-electron chi connectivity index (χ4n) is 3.33. The second-order valence-corrected chi connectivity index (χ2v) is 6.70. The fourth-order valence-corrected chi connectivity index (χ4v) is 3.33. The first kappa shape index (κ1) is 18.2. The lowest BCUT2D eigenvalue weighted by atomic mass is 10.1. The number of pyridine rings is 1. The predicted octanol–water partition coefficient (Wildman–Crippen LogP) is 1.67. The maximum Gasteiger partial charge on any atom is 0.267 e. The first-order chi connectivity index (χ1) is 13.6. The number of morpholine rings is 1. The van der Waals surface area contributed by atoms with Gasteiger partial charge in [-0.2, -0.15) is 0 Å². The van der Waals surface area contributed by atoms with Crippen LogP contribution in [0.2, 0.25) is 0 Å². The number of amides is 2. The molecule has 8 heteroatoms. The SMILES string of the molecule is CC(=O)N1C[C@H](C(=O)Nc2ccc(N3CCOCC3)nc2)Oc2ccccc21. The van der Waals surface area contributed by atoms with E-state index in [4.69, 9.17) is 9.47 Å². The van der Waals surface area contributed by atoms with Crippen LogP contribution in [-0.2, 0) is 14.3 Å². The molecule has 0 unspecified atom stereocenters. The minimum atomic E-state index is -0.794. The van der Waals surface area contributed by atoms with Crippen LogP contribution in [0.4, 0.5) is 17.2 Å². The average Bonchev–Trinajstić information content (AvgIpc) is 2.74. The van der Waals surface area contributed by atoms with E-state index in [1.165, 1.54) is 6.92 Å². The third kappa shape index (κ3) is 3.77. The zero-order valence-electron chi connectivity index (χ0n) is 15.6. The zero-order valence-corrected chi connectivity index (χ0v) is 15.6. The smallest absolute Gasteiger partial charge is 0.267 e. The van der Waals surface area contributed by atoms with Crippen LogP contribution < -0.4 is 19.9 Å². The molecule has 0 radical (unpaired) electrons. The van der Waals surface area contributed by atoms with Crippen LogP contribution in [0.15, 0.2) is 42.6 Å². The van der Waals surface area contributed by atoms with Gasteiger partial charge in [0.05, 0.1) is 37.3 Å². The summed E-state index contributed by atoms with van der Waals surface area (Å²) in [5.41, 5.74) is 1.26. The first-order valence-corrected chi connectivity index (χ1v) is 9.25. The highest BCUT2D eigenvalue weighted by Crippen LogP contribution is 2.33. The monoisotopic (exact) mass is 382 g/mol. The molecule has 2 aliphatic heterocycles. The van der Waals surface area contributed by atoms with Crippen LogP contribution in [0, 0.1) is 0 Å². The molecule has 28 heavy (non-hydrogen) atoms. The van der Waals surface area contributed by atoms with Gasteiger partial charge in [-0.15, -0.1) is 0 Å². The number of rotatable bonds is 3. The molecule has 3 heterocycles. The Morgan fingerprint density at radius 2 is 1.93 bits per heavy atom. The third-order valence-corrected chi connectivity index (χ3v) is 4.80. The molecule has 1 aromatic carbocycles. The van der Waals surface area contributed by atoms with Crippen molar-refractivity contribution >= 4 is 29.0 Å². The quantitative estimate of drug-likeness (QED) is 0.869. The van der Waals surface area contributed by atoms with Crippen LogP contribution in [0.1, 0.15) is 6.92 Å². The van der Waals surface area contributed by atoms with Crippen molar-refractivity contribution in [2.24, 2.45) is 0 Å². The van der Waals surface area contributed by atoms with Gasteiger partial charge in [0.25, 0.3) is 5.91 Å². The van der Waals surface area contributed by atoms with Gasteiger partial charge >= 0.3 is 0 Å². The highest BCUT2D eigenvalue weighted by molar-refractivity contribution is 5.99. The number of carbonyl (C=O) groups is 2. The minimum absolute atomic E-state index is 0.134. The summed E-state index contributed by atoms with van der Waals surface area (Å²) in [6.07, 6.45) is 0.833. The van der Waals surface area contributed by atoms with Gasteiger partial charge in [0.1, 0.15) is 11.6 Å². The molecule has 2 amide bonds. The molecular formula is C20H22N4O4. The van der Waals surface area contributed by atoms with Crippen LogP contribution >= 0.6 is 0 Å². The van der Waals surface area contributed by atoms with E-state index < -0.39 is 6.10 Å². The Morgan fingerprint density at radius 3 is 2.64 bits per heavy atom. The number of nitrogens with one attached hydrogen (secondary N) is 1. The lowest BCUT2D eigenvalue weighted by molar-refractivity contribution is -0.123. The molecule has 1 fully saturated rings. The van der Waals surface area contributed by atoms with Crippen LogP contribution in [0.5, 0.6) is 5.75 Å².